The third-order valence-electron chi connectivity index (χ3n) is 11.4. The maximum atomic E-state index is 5.08. The van der Waals surface area contributed by atoms with E-state index in [9.17, 15) is 0 Å². The summed E-state index contributed by atoms with van der Waals surface area (Å²) in [5.74, 6) is 2.61. The minimum absolute atomic E-state index is 0.637. The normalized spacial score (nSPS) is 11.2. The molecule has 9 aromatic carbocycles. The van der Waals surface area contributed by atoms with Crippen LogP contribution in [0.4, 0.5) is 0 Å². The summed E-state index contributed by atoms with van der Waals surface area (Å²) in [6.45, 7) is 0. The van der Waals surface area contributed by atoms with Gasteiger partial charge in [-0.3, -0.25) is 0 Å². The predicted octanol–water partition coefficient (Wildman–Crippen LogP) is 14.3. The Balaban J connectivity index is 0.989. The van der Waals surface area contributed by atoms with E-state index in [0.717, 1.165) is 77.8 Å². The average Bonchev–Trinajstić information content (AvgIpc) is 3.36. The molecule has 0 N–H and O–H groups in total. The molecule has 0 saturated carbocycles. The van der Waals surface area contributed by atoms with Crippen molar-refractivity contribution < 1.29 is 0 Å². The SMILES string of the molecule is c1ccc(-c2cc(-c3ccccc3)nc(-c3ccc(-c4ccc(-c5ccc(-c6nc(-c7ccccc7)nc(-c7ccccc7)n6)c6ccccc56)c5ccccc45)cc3)n2)cc1. The lowest BCUT2D eigenvalue weighted by molar-refractivity contribution is 1.08. The largest absolute Gasteiger partial charge is 0.228 e. The van der Waals surface area contributed by atoms with Crippen LogP contribution in [0.5, 0.6) is 0 Å². The highest BCUT2D eigenvalue weighted by molar-refractivity contribution is 6.12. The van der Waals surface area contributed by atoms with Gasteiger partial charge in [-0.2, -0.15) is 0 Å². The minimum atomic E-state index is 0.637. The Morgan fingerprint density at radius 1 is 0.194 bits per heavy atom. The first-order valence-electron chi connectivity index (χ1n) is 20.8. The van der Waals surface area contributed by atoms with Crippen LogP contribution in [0.25, 0.3) is 112 Å². The van der Waals surface area contributed by atoms with Gasteiger partial charge in [0.1, 0.15) is 0 Å². The Labute approximate surface area is 359 Å². The van der Waals surface area contributed by atoms with Crippen LogP contribution in [0.1, 0.15) is 0 Å². The van der Waals surface area contributed by atoms with E-state index in [1.807, 2.05) is 97.1 Å². The second kappa shape index (κ2) is 16.0. The summed E-state index contributed by atoms with van der Waals surface area (Å²) in [5.41, 5.74) is 12.3. The third-order valence-corrected chi connectivity index (χ3v) is 11.4. The van der Waals surface area contributed by atoms with Crippen molar-refractivity contribution in [3.8, 4) is 90.3 Å². The van der Waals surface area contributed by atoms with Crippen LogP contribution in [-0.2, 0) is 0 Å². The minimum Gasteiger partial charge on any atom is -0.228 e. The summed E-state index contributed by atoms with van der Waals surface area (Å²) in [4.78, 5) is 25.2. The van der Waals surface area contributed by atoms with E-state index in [1.165, 1.54) is 10.8 Å². The molecule has 11 rings (SSSR count). The van der Waals surface area contributed by atoms with E-state index < -0.39 is 0 Å². The first kappa shape index (κ1) is 36.7. The summed E-state index contributed by atoms with van der Waals surface area (Å²) in [6, 6.07) is 77.7. The van der Waals surface area contributed by atoms with Crippen molar-refractivity contribution in [3.63, 3.8) is 0 Å². The van der Waals surface area contributed by atoms with Crippen LogP contribution < -0.4 is 0 Å². The number of rotatable bonds is 8. The van der Waals surface area contributed by atoms with E-state index in [0.29, 0.717) is 23.3 Å². The summed E-state index contributed by atoms with van der Waals surface area (Å²) in [6.07, 6.45) is 0. The standard InChI is InChI=1S/C57H37N5/c1-5-17-39(18-6-1)52-37-53(40-19-7-2-8-20-40)59-54(58-52)43-31-29-38(30-32-43)44-33-34-49(46-26-14-13-25-45(44)46)50-35-36-51(48-28-16-15-27-47(48)50)57-61-55(41-21-9-3-10-22-41)60-56(62-57)42-23-11-4-12-24-42/h1-37H. The fourth-order valence-corrected chi connectivity index (χ4v) is 8.33. The van der Waals surface area contributed by atoms with E-state index in [2.05, 4.69) is 127 Å². The van der Waals surface area contributed by atoms with Gasteiger partial charge in [-0.25, -0.2) is 24.9 Å². The number of hydrogen-bond acceptors (Lipinski definition) is 5. The van der Waals surface area contributed by atoms with Crippen molar-refractivity contribution in [3.05, 3.63) is 224 Å². The smallest absolute Gasteiger partial charge is 0.164 e. The van der Waals surface area contributed by atoms with Gasteiger partial charge in [-0.1, -0.05) is 212 Å². The van der Waals surface area contributed by atoms with Gasteiger partial charge in [0.2, 0.25) is 0 Å². The molecule has 5 heteroatoms. The zero-order valence-corrected chi connectivity index (χ0v) is 33.6. The van der Waals surface area contributed by atoms with Gasteiger partial charge >= 0.3 is 0 Å². The number of hydrogen-bond donors (Lipinski definition) is 0. The lowest BCUT2D eigenvalue weighted by atomic mass is 9.89. The Kier molecular flexibility index (Phi) is 9.45. The fourth-order valence-electron chi connectivity index (χ4n) is 8.33. The summed E-state index contributed by atoms with van der Waals surface area (Å²) < 4.78 is 0. The average molecular weight is 792 g/mol. The molecule has 0 spiro atoms. The van der Waals surface area contributed by atoms with E-state index in [-0.39, 0.29) is 0 Å². The maximum Gasteiger partial charge on any atom is 0.164 e. The van der Waals surface area contributed by atoms with Gasteiger partial charge < -0.3 is 0 Å². The lowest BCUT2D eigenvalue weighted by Gasteiger charge is -2.16. The zero-order chi connectivity index (χ0) is 41.2. The Bertz CT molecular complexity index is 3260. The molecule has 0 bridgehead atoms. The molecule has 290 valence electrons. The summed E-state index contributed by atoms with van der Waals surface area (Å²) >= 11 is 0. The van der Waals surface area contributed by atoms with Crippen molar-refractivity contribution >= 4 is 21.5 Å². The van der Waals surface area contributed by atoms with Gasteiger partial charge in [0.25, 0.3) is 0 Å². The molecule has 2 aromatic heterocycles. The van der Waals surface area contributed by atoms with E-state index in [1.54, 1.807) is 0 Å². The van der Waals surface area contributed by atoms with Gasteiger partial charge in [-0.05, 0) is 55.9 Å². The Morgan fingerprint density at radius 2 is 0.500 bits per heavy atom. The van der Waals surface area contributed by atoms with Crippen molar-refractivity contribution in [2.75, 3.05) is 0 Å². The second-order valence-corrected chi connectivity index (χ2v) is 15.2. The van der Waals surface area contributed by atoms with Crippen LogP contribution >= 0.6 is 0 Å². The van der Waals surface area contributed by atoms with Crippen LogP contribution in [0.3, 0.4) is 0 Å². The molecular weight excluding hydrogens is 755 g/mol. The molecule has 0 unspecified atom stereocenters. The monoisotopic (exact) mass is 791 g/mol. The first-order valence-corrected chi connectivity index (χ1v) is 20.8. The number of benzene rings is 9. The Morgan fingerprint density at radius 3 is 0.968 bits per heavy atom. The van der Waals surface area contributed by atoms with Gasteiger partial charge in [0.15, 0.2) is 23.3 Å². The van der Waals surface area contributed by atoms with Crippen LogP contribution in [0.2, 0.25) is 0 Å². The van der Waals surface area contributed by atoms with Crippen molar-refractivity contribution in [2.24, 2.45) is 0 Å². The zero-order valence-electron chi connectivity index (χ0n) is 33.6. The molecule has 0 aliphatic rings. The third kappa shape index (κ3) is 6.97. The van der Waals surface area contributed by atoms with E-state index >= 15 is 0 Å². The van der Waals surface area contributed by atoms with E-state index in [4.69, 9.17) is 24.9 Å². The fraction of sp³-hybridized carbons (Fsp3) is 0. The van der Waals surface area contributed by atoms with Crippen LogP contribution in [-0.4, -0.2) is 24.9 Å². The highest BCUT2D eigenvalue weighted by Gasteiger charge is 2.18. The molecule has 0 radical (unpaired) electrons. The van der Waals surface area contributed by atoms with Crippen molar-refractivity contribution in [1.82, 2.24) is 24.9 Å². The molecule has 5 nitrogen and oxygen atoms in total. The maximum absolute atomic E-state index is 5.08. The van der Waals surface area contributed by atoms with Crippen LogP contribution in [0, 0.1) is 0 Å². The van der Waals surface area contributed by atoms with Crippen LogP contribution in [0.15, 0.2) is 224 Å². The van der Waals surface area contributed by atoms with Gasteiger partial charge in [-0.15, -0.1) is 0 Å². The number of fused-ring (bicyclic) bond motifs is 2. The Hall–Kier alpha value is -8.41. The molecule has 0 aliphatic carbocycles. The summed E-state index contributed by atoms with van der Waals surface area (Å²) in [7, 11) is 0. The second-order valence-electron chi connectivity index (χ2n) is 15.2. The first-order chi connectivity index (χ1) is 30.7. The topological polar surface area (TPSA) is 64.5 Å². The molecule has 0 amide bonds. The number of nitrogens with zero attached hydrogens (tertiary/aromatic N) is 5. The quantitative estimate of drug-likeness (QED) is 0.153. The molecule has 0 aliphatic heterocycles. The van der Waals surface area contributed by atoms with Gasteiger partial charge in [0, 0.05) is 33.4 Å². The highest BCUT2D eigenvalue weighted by Crippen LogP contribution is 2.41. The highest BCUT2D eigenvalue weighted by atomic mass is 15.0. The number of aromatic nitrogens is 5. The molecule has 2 heterocycles. The predicted molar refractivity (Wildman–Crippen MR) is 254 cm³/mol. The van der Waals surface area contributed by atoms with Crippen molar-refractivity contribution in [1.29, 1.82) is 0 Å². The lowest BCUT2D eigenvalue weighted by Crippen LogP contribution is -2.00. The van der Waals surface area contributed by atoms with Crippen molar-refractivity contribution in [2.45, 2.75) is 0 Å². The molecule has 0 saturated heterocycles. The molecule has 0 atom stereocenters. The molecule has 62 heavy (non-hydrogen) atoms. The van der Waals surface area contributed by atoms with Gasteiger partial charge in [0.05, 0.1) is 11.4 Å². The molecule has 11 aromatic rings. The summed E-state index contributed by atoms with van der Waals surface area (Å²) in [5, 5.41) is 4.56. The molecular formula is C57H37N5. The molecule has 0 fully saturated rings.